The lowest BCUT2D eigenvalue weighted by atomic mass is 10.3. The topological polar surface area (TPSA) is 68.4 Å². The van der Waals surface area contributed by atoms with Crippen molar-refractivity contribution in [3.63, 3.8) is 0 Å². The third-order valence-corrected chi connectivity index (χ3v) is 3.29. The molecule has 2 heterocycles. The summed E-state index contributed by atoms with van der Waals surface area (Å²) in [6.07, 6.45) is 1.54. The number of aromatic amines is 1. The summed E-state index contributed by atoms with van der Waals surface area (Å²) < 4.78 is 0. The number of carbonyl (C=O) groups excluding carboxylic acids is 2. The normalized spacial score (nSPS) is 14.6. The van der Waals surface area contributed by atoms with Gasteiger partial charge >= 0.3 is 0 Å². The van der Waals surface area contributed by atoms with E-state index in [4.69, 9.17) is 11.6 Å². The first kappa shape index (κ1) is 16.8. The predicted octanol–water partition coefficient (Wildman–Crippen LogP) is 0.594. The number of carbonyl (C=O) groups is 2. The number of rotatable bonds is 3. The van der Waals surface area contributed by atoms with Crippen molar-refractivity contribution in [3.8, 4) is 0 Å². The molecule has 0 saturated carbocycles. The summed E-state index contributed by atoms with van der Waals surface area (Å²) in [4.78, 5) is 30.0. The van der Waals surface area contributed by atoms with E-state index in [1.807, 2.05) is 0 Å². The van der Waals surface area contributed by atoms with Gasteiger partial charge in [0.25, 0.3) is 5.91 Å². The maximum Gasteiger partial charge on any atom is 0.270 e. The van der Waals surface area contributed by atoms with Gasteiger partial charge in [0, 0.05) is 39.4 Å². The van der Waals surface area contributed by atoms with Crippen molar-refractivity contribution in [2.45, 2.75) is 0 Å². The Morgan fingerprint density at radius 1 is 1.40 bits per heavy atom. The number of hydrogen-bond donors (Lipinski definition) is 2. The van der Waals surface area contributed by atoms with E-state index in [1.54, 1.807) is 24.2 Å². The van der Waals surface area contributed by atoms with Gasteiger partial charge in [0.2, 0.25) is 5.91 Å². The number of nitrogens with zero attached hydrogens (tertiary/aromatic N) is 2. The van der Waals surface area contributed by atoms with Crippen LogP contribution in [0.25, 0.3) is 0 Å². The van der Waals surface area contributed by atoms with Crippen LogP contribution in [0.3, 0.4) is 0 Å². The molecule has 0 aromatic carbocycles. The highest BCUT2D eigenvalue weighted by Gasteiger charge is 2.21. The molecular formula is C12H18Cl2N4O2. The molecule has 1 aromatic rings. The molecule has 0 aliphatic carbocycles. The molecule has 1 aromatic heterocycles. The van der Waals surface area contributed by atoms with Crippen molar-refractivity contribution in [3.05, 3.63) is 23.0 Å². The van der Waals surface area contributed by atoms with Gasteiger partial charge in [-0.25, -0.2) is 0 Å². The Balaban J connectivity index is 0.00000200. The molecule has 20 heavy (non-hydrogen) atoms. The van der Waals surface area contributed by atoms with Gasteiger partial charge < -0.3 is 20.1 Å². The number of hydrogen-bond acceptors (Lipinski definition) is 3. The molecule has 8 heteroatoms. The Kier molecular flexibility index (Phi) is 6.32. The molecule has 112 valence electrons. The second-order valence-corrected chi connectivity index (χ2v) is 4.96. The maximum absolute atomic E-state index is 12.0. The Bertz CT molecular complexity index is 472. The second-order valence-electron chi connectivity index (χ2n) is 4.52. The first-order valence-corrected chi connectivity index (χ1v) is 6.53. The Labute approximate surface area is 128 Å². The van der Waals surface area contributed by atoms with Crippen LogP contribution in [0.2, 0.25) is 5.02 Å². The van der Waals surface area contributed by atoms with Crippen LogP contribution in [0.5, 0.6) is 0 Å². The molecule has 1 fully saturated rings. The summed E-state index contributed by atoms with van der Waals surface area (Å²) in [6, 6.07) is 1.55. The van der Waals surface area contributed by atoms with Crippen molar-refractivity contribution < 1.29 is 9.59 Å². The molecule has 1 saturated heterocycles. The molecule has 0 bridgehead atoms. The van der Waals surface area contributed by atoms with E-state index in [9.17, 15) is 9.59 Å². The first-order chi connectivity index (χ1) is 9.08. The number of amides is 2. The van der Waals surface area contributed by atoms with E-state index < -0.39 is 0 Å². The summed E-state index contributed by atoms with van der Waals surface area (Å²) >= 11 is 5.75. The molecule has 1 aliphatic heterocycles. The molecule has 0 atom stereocenters. The zero-order valence-corrected chi connectivity index (χ0v) is 12.8. The second kappa shape index (κ2) is 7.52. The fraction of sp³-hybridized carbons (Fsp3) is 0.500. The van der Waals surface area contributed by atoms with E-state index >= 15 is 0 Å². The highest BCUT2D eigenvalue weighted by Crippen LogP contribution is 2.11. The monoisotopic (exact) mass is 320 g/mol. The van der Waals surface area contributed by atoms with Crippen molar-refractivity contribution >= 4 is 35.8 Å². The lowest BCUT2D eigenvalue weighted by molar-refractivity contribution is -0.132. The first-order valence-electron chi connectivity index (χ1n) is 6.16. The summed E-state index contributed by atoms with van der Waals surface area (Å²) in [5, 5.41) is 3.66. The van der Waals surface area contributed by atoms with Gasteiger partial charge in [0.1, 0.15) is 5.69 Å². The SMILES string of the molecule is CN(CC(=O)N1CCNCC1)C(=O)c1cc(Cl)c[nH]1.Cl. The van der Waals surface area contributed by atoms with Crippen LogP contribution in [0.4, 0.5) is 0 Å². The Morgan fingerprint density at radius 2 is 2.05 bits per heavy atom. The van der Waals surface area contributed by atoms with Crippen LogP contribution in [-0.4, -0.2) is 66.4 Å². The van der Waals surface area contributed by atoms with Crippen LogP contribution >= 0.6 is 24.0 Å². The smallest absolute Gasteiger partial charge is 0.270 e. The predicted molar refractivity (Wildman–Crippen MR) is 79.5 cm³/mol. The van der Waals surface area contributed by atoms with E-state index in [1.165, 1.54) is 4.90 Å². The standard InChI is InChI=1S/C12H17ClN4O2.ClH/c1-16(12(19)10-6-9(13)7-15-10)8-11(18)17-4-2-14-3-5-17;/h6-7,14-15H,2-5,8H2,1H3;1H. The fourth-order valence-corrected chi connectivity index (χ4v) is 2.15. The quantitative estimate of drug-likeness (QED) is 0.856. The molecule has 2 N–H and O–H groups in total. The molecule has 6 nitrogen and oxygen atoms in total. The van der Waals surface area contributed by atoms with Crippen LogP contribution in [0, 0.1) is 0 Å². The number of halogens is 2. The van der Waals surface area contributed by atoms with Crippen molar-refractivity contribution in [1.29, 1.82) is 0 Å². The van der Waals surface area contributed by atoms with Crippen LogP contribution in [0.1, 0.15) is 10.5 Å². The summed E-state index contributed by atoms with van der Waals surface area (Å²) in [5.41, 5.74) is 0.389. The van der Waals surface area contributed by atoms with Gasteiger partial charge in [-0.1, -0.05) is 11.6 Å². The van der Waals surface area contributed by atoms with Gasteiger partial charge in [-0.15, -0.1) is 12.4 Å². The number of nitrogens with one attached hydrogen (secondary N) is 2. The van der Waals surface area contributed by atoms with Crippen molar-refractivity contribution in [2.75, 3.05) is 39.8 Å². The van der Waals surface area contributed by atoms with E-state index in [-0.39, 0.29) is 30.8 Å². The average molecular weight is 321 g/mol. The zero-order valence-electron chi connectivity index (χ0n) is 11.2. The fourth-order valence-electron chi connectivity index (χ4n) is 1.99. The van der Waals surface area contributed by atoms with Crippen LogP contribution in [-0.2, 0) is 4.79 Å². The molecular weight excluding hydrogens is 303 g/mol. The maximum atomic E-state index is 12.0. The number of aromatic nitrogens is 1. The minimum atomic E-state index is -0.240. The minimum Gasteiger partial charge on any atom is -0.356 e. The molecule has 1 aliphatic rings. The van der Waals surface area contributed by atoms with E-state index in [0.717, 1.165) is 13.1 Å². The summed E-state index contributed by atoms with van der Waals surface area (Å²) in [7, 11) is 1.61. The summed E-state index contributed by atoms with van der Waals surface area (Å²) in [5.74, 6) is -0.273. The van der Waals surface area contributed by atoms with Gasteiger partial charge in [-0.3, -0.25) is 9.59 Å². The largest absolute Gasteiger partial charge is 0.356 e. The minimum absolute atomic E-state index is 0. The van der Waals surface area contributed by atoms with Gasteiger partial charge in [0.15, 0.2) is 0 Å². The van der Waals surface area contributed by atoms with Gasteiger partial charge in [-0.05, 0) is 6.07 Å². The third kappa shape index (κ3) is 4.13. The van der Waals surface area contributed by atoms with Gasteiger partial charge in [0.05, 0.1) is 11.6 Å². The molecule has 2 rings (SSSR count). The lowest BCUT2D eigenvalue weighted by Crippen LogP contribution is -2.49. The van der Waals surface area contributed by atoms with Gasteiger partial charge in [-0.2, -0.15) is 0 Å². The summed E-state index contributed by atoms with van der Waals surface area (Å²) in [6.45, 7) is 3.06. The zero-order chi connectivity index (χ0) is 13.8. The number of H-pyrrole nitrogens is 1. The molecule has 0 radical (unpaired) electrons. The van der Waals surface area contributed by atoms with Crippen LogP contribution < -0.4 is 5.32 Å². The molecule has 0 unspecified atom stereocenters. The number of piperazine rings is 1. The van der Waals surface area contributed by atoms with E-state index in [2.05, 4.69) is 10.3 Å². The highest BCUT2D eigenvalue weighted by molar-refractivity contribution is 6.30. The molecule has 0 spiro atoms. The highest BCUT2D eigenvalue weighted by atomic mass is 35.5. The van der Waals surface area contributed by atoms with Crippen molar-refractivity contribution in [2.24, 2.45) is 0 Å². The molecule has 2 amide bonds. The van der Waals surface area contributed by atoms with Crippen molar-refractivity contribution in [1.82, 2.24) is 20.1 Å². The van der Waals surface area contributed by atoms with Crippen LogP contribution in [0.15, 0.2) is 12.3 Å². The Morgan fingerprint density at radius 3 is 2.60 bits per heavy atom. The lowest BCUT2D eigenvalue weighted by Gasteiger charge is -2.29. The average Bonchev–Trinajstić information content (AvgIpc) is 2.85. The third-order valence-electron chi connectivity index (χ3n) is 3.07. The number of likely N-dealkylation sites (N-methyl/N-ethyl adjacent to an activating group) is 1. The Hall–Kier alpha value is -1.24. The van der Waals surface area contributed by atoms with E-state index in [0.29, 0.717) is 23.8 Å².